The first-order chi connectivity index (χ1) is 15.6. The number of benzene rings is 1. The van der Waals surface area contributed by atoms with Gasteiger partial charge in [0, 0.05) is 11.9 Å². The third-order valence-corrected chi connectivity index (χ3v) is 5.73. The Kier molecular flexibility index (Phi) is 7.36. The first kappa shape index (κ1) is 24.2. The number of anilines is 2. The molecule has 174 valence electrons. The zero-order chi connectivity index (χ0) is 24.3. The van der Waals surface area contributed by atoms with Crippen molar-refractivity contribution in [3.8, 4) is 10.4 Å². The summed E-state index contributed by atoms with van der Waals surface area (Å²) in [5.74, 6) is -2.99. The van der Waals surface area contributed by atoms with Crippen LogP contribution in [0.2, 0.25) is 0 Å². The van der Waals surface area contributed by atoms with E-state index in [4.69, 9.17) is 5.73 Å². The SMILES string of the molecule is CNC(=O)C(O)c1cccc(Nc2sc(-c3c(F)cc(CC(C)O)cc3F)cc2C(N)=O)n1. The van der Waals surface area contributed by atoms with Gasteiger partial charge in [-0.3, -0.25) is 9.59 Å². The van der Waals surface area contributed by atoms with E-state index in [9.17, 15) is 28.6 Å². The van der Waals surface area contributed by atoms with Crippen LogP contribution in [0, 0.1) is 11.6 Å². The Morgan fingerprint density at radius 2 is 1.85 bits per heavy atom. The number of nitrogens with zero attached hydrogens (tertiary/aromatic N) is 1. The van der Waals surface area contributed by atoms with Gasteiger partial charge in [-0.1, -0.05) is 6.07 Å². The molecule has 2 aromatic heterocycles. The van der Waals surface area contributed by atoms with E-state index in [-0.39, 0.29) is 38.9 Å². The molecule has 0 bridgehead atoms. The van der Waals surface area contributed by atoms with Crippen LogP contribution in [0.5, 0.6) is 0 Å². The fourth-order valence-electron chi connectivity index (χ4n) is 3.17. The molecule has 0 fully saturated rings. The van der Waals surface area contributed by atoms with Gasteiger partial charge in [-0.15, -0.1) is 11.3 Å². The molecule has 11 heteroatoms. The number of hydrogen-bond donors (Lipinski definition) is 5. The summed E-state index contributed by atoms with van der Waals surface area (Å²) in [6.07, 6.45) is -2.18. The van der Waals surface area contributed by atoms with Crippen LogP contribution in [-0.4, -0.2) is 40.2 Å². The summed E-state index contributed by atoms with van der Waals surface area (Å²) in [6, 6.07) is 8.04. The minimum absolute atomic E-state index is 0.0130. The topological polar surface area (TPSA) is 138 Å². The van der Waals surface area contributed by atoms with Crippen molar-refractivity contribution < 1.29 is 28.6 Å². The molecule has 6 N–H and O–H groups in total. The average Bonchev–Trinajstić information content (AvgIpc) is 3.15. The van der Waals surface area contributed by atoms with Crippen LogP contribution in [0.3, 0.4) is 0 Å². The van der Waals surface area contributed by atoms with E-state index in [1.54, 1.807) is 0 Å². The molecule has 8 nitrogen and oxygen atoms in total. The van der Waals surface area contributed by atoms with Crippen LogP contribution in [0.15, 0.2) is 36.4 Å². The number of carbonyl (C=O) groups is 2. The molecule has 0 radical (unpaired) electrons. The number of carbonyl (C=O) groups excluding carboxylic acids is 2. The highest BCUT2D eigenvalue weighted by atomic mass is 32.1. The molecule has 0 saturated heterocycles. The highest BCUT2D eigenvalue weighted by Crippen LogP contribution is 2.39. The van der Waals surface area contributed by atoms with E-state index >= 15 is 0 Å². The molecule has 2 amide bonds. The van der Waals surface area contributed by atoms with Crippen LogP contribution in [-0.2, 0) is 11.2 Å². The van der Waals surface area contributed by atoms with Gasteiger partial charge < -0.3 is 26.6 Å². The summed E-state index contributed by atoms with van der Waals surface area (Å²) >= 11 is 0.886. The minimum Gasteiger partial charge on any atom is -0.393 e. The number of pyridine rings is 1. The Labute approximate surface area is 192 Å². The monoisotopic (exact) mass is 476 g/mol. The number of nitrogens with two attached hydrogens (primary N) is 1. The van der Waals surface area contributed by atoms with Gasteiger partial charge in [-0.2, -0.15) is 0 Å². The third kappa shape index (κ3) is 5.51. The maximum atomic E-state index is 14.7. The predicted molar refractivity (Wildman–Crippen MR) is 120 cm³/mol. The lowest BCUT2D eigenvalue weighted by atomic mass is 10.0. The number of aliphatic hydroxyl groups is 2. The van der Waals surface area contributed by atoms with E-state index in [2.05, 4.69) is 15.6 Å². The molecule has 0 spiro atoms. The number of hydrogen-bond acceptors (Lipinski definition) is 7. The Bertz CT molecular complexity index is 1180. The summed E-state index contributed by atoms with van der Waals surface area (Å²) < 4.78 is 29.5. The summed E-state index contributed by atoms with van der Waals surface area (Å²) in [7, 11) is 1.37. The van der Waals surface area contributed by atoms with E-state index in [1.807, 2.05) is 0 Å². The zero-order valence-corrected chi connectivity index (χ0v) is 18.5. The fourth-order valence-corrected chi connectivity index (χ4v) is 4.29. The Hall–Kier alpha value is -3.41. The van der Waals surface area contributed by atoms with E-state index in [0.717, 1.165) is 23.5 Å². The first-order valence-corrected chi connectivity index (χ1v) is 10.7. The number of aliphatic hydroxyl groups excluding tert-OH is 2. The normalized spacial score (nSPS) is 12.8. The standard InChI is InChI=1S/C22H22F2N4O4S/c1-10(29)6-11-7-13(23)18(14(24)8-11)16-9-12(20(25)31)22(33-16)28-17-5-3-4-15(27-17)19(30)21(32)26-2/h3-5,7-10,19,29-30H,6H2,1-2H3,(H2,25,31)(H,26,32)(H,27,28). The van der Waals surface area contributed by atoms with Crippen molar-refractivity contribution in [3.63, 3.8) is 0 Å². The molecule has 1 aromatic carbocycles. The van der Waals surface area contributed by atoms with Crippen LogP contribution in [0.4, 0.5) is 19.6 Å². The van der Waals surface area contributed by atoms with Gasteiger partial charge in [-0.25, -0.2) is 13.8 Å². The number of likely N-dealkylation sites (N-methyl/N-ethyl adjacent to an activating group) is 1. The Morgan fingerprint density at radius 1 is 1.18 bits per heavy atom. The Balaban J connectivity index is 1.98. The van der Waals surface area contributed by atoms with Crippen LogP contribution >= 0.6 is 11.3 Å². The van der Waals surface area contributed by atoms with E-state index < -0.39 is 35.7 Å². The van der Waals surface area contributed by atoms with Gasteiger partial charge >= 0.3 is 0 Å². The number of amides is 2. The molecule has 0 aliphatic rings. The molecule has 2 unspecified atom stereocenters. The second kappa shape index (κ2) is 10.0. The number of nitrogens with one attached hydrogen (secondary N) is 2. The highest BCUT2D eigenvalue weighted by molar-refractivity contribution is 7.20. The first-order valence-electron chi connectivity index (χ1n) is 9.84. The van der Waals surface area contributed by atoms with Crippen LogP contribution in [0.25, 0.3) is 10.4 Å². The van der Waals surface area contributed by atoms with E-state index in [1.165, 1.54) is 38.2 Å². The lowest BCUT2D eigenvalue weighted by Gasteiger charge is -2.11. The summed E-state index contributed by atoms with van der Waals surface area (Å²) in [6.45, 7) is 1.51. The van der Waals surface area contributed by atoms with Crippen molar-refractivity contribution >= 4 is 34.0 Å². The van der Waals surface area contributed by atoms with Gasteiger partial charge in [0.15, 0.2) is 6.10 Å². The van der Waals surface area contributed by atoms with Crippen molar-refractivity contribution in [3.05, 3.63) is 64.9 Å². The molecule has 2 heterocycles. The number of halogens is 2. The second-order valence-electron chi connectivity index (χ2n) is 7.29. The molecule has 0 aliphatic heterocycles. The van der Waals surface area contributed by atoms with Crippen molar-refractivity contribution in [2.24, 2.45) is 5.73 Å². The average molecular weight is 477 g/mol. The smallest absolute Gasteiger partial charge is 0.254 e. The number of primary amides is 1. The molecular weight excluding hydrogens is 454 g/mol. The van der Waals surface area contributed by atoms with Crippen LogP contribution in [0.1, 0.15) is 34.6 Å². The zero-order valence-electron chi connectivity index (χ0n) is 17.7. The summed E-state index contributed by atoms with van der Waals surface area (Å²) in [5.41, 5.74) is 5.46. The molecule has 3 aromatic rings. The van der Waals surface area contributed by atoms with Crippen molar-refractivity contribution in [2.75, 3.05) is 12.4 Å². The lowest BCUT2D eigenvalue weighted by molar-refractivity contribution is -0.129. The lowest BCUT2D eigenvalue weighted by Crippen LogP contribution is -2.26. The number of aromatic nitrogens is 1. The molecular formula is C22H22F2N4O4S. The molecule has 33 heavy (non-hydrogen) atoms. The van der Waals surface area contributed by atoms with Gasteiger partial charge in [0.25, 0.3) is 11.8 Å². The van der Waals surface area contributed by atoms with Gasteiger partial charge in [-0.05, 0) is 49.2 Å². The maximum absolute atomic E-state index is 14.7. The predicted octanol–water partition coefficient (Wildman–Crippen LogP) is 2.63. The number of rotatable bonds is 8. The molecule has 0 aliphatic carbocycles. The van der Waals surface area contributed by atoms with Gasteiger partial charge in [0.2, 0.25) is 0 Å². The van der Waals surface area contributed by atoms with Crippen LogP contribution < -0.4 is 16.4 Å². The van der Waals surface area contributed by atoms with Gasteiger partial charge in [0.05, 0.1) is 22.9 Å². The molecule has 2 atom stereocenters. The molecule has 3 rings (SSSR count). The third-order valence-electron chi connectivity index (χ3n) is 4.66. The van der Waals surface area contributed by atoms with Crippen molar-refractivity contribution in [1.29, 1.82) is 0 Å². The van der Waals surface area contributed by atoms with Crippen molar-refractivity contribution in [1.82, 2.24) is 10.3 Å². The van der Waals surface area contributed by atoms with E-state index in [0.29, 0.717) is 5.56 Å². The highest BCUT2D eigenvalue weighted by Gasteiger charge is 2.22. The summed E-state index contributed by atoms with van der Waals surface area (Å²) in [5, 5.41) is 24.9. The molecule has 0 saturated carbocycles. The van der Waals surface area contributed by atoms with Crippen molar-refractivity contribution in [2.45, 2.75) is 25.6 Å². The maximum Gasteiger partial charge on any atom is 0.254 e. The quantitative estimate of drug-likeness (QED) is 0.339. The Morgan fingerprint density at radius 3 is 2.42 bits per heavy atom. The largest absolute Gasteiger partial charge is 0.393 e. The second-order valence-corrected chi connectivity index (χ2v) is 8.35. The fraction of sp³-hybridized carbons (Fsp3) is 0.227. The minimum atomic E-state index is -1.50. The van der Waals surface area contributed by atoms with Gasteiger partial charge in [0.1, 0.15) is 22.5 Å². The summed E-state index contributed by atoms with van der Waals surface area (Å²) in [4.78, 5) is 27.9. The number of thiophene rings is 1.